The molecule has 132 valence electrons. The molecular formula is C22H27NO2. The van der Waals surface area contributed by atoms with Crippen LogP contribution >= 0.6 is 0 Å². The minimum absolute atomic E-state index is 0.597. The maximum Gasteiger partial charge on any atom is 0.120 e. The van der Waals surface area contributed by atoms with E-state index < -0.39 is 0 Å². The molecule has 0 aromatic heterocycles. The average molecular weight is 337 g/mol. The van der Waals surface area contributed by atoms with Crippen molar-refractivity contribution in [3.8, 4) is 11.5 Å². The lowest BCUT2D eigenvalue weighted by molar-refractivity contribution is 0.0380. The lowest BCUT2D eigenvalue weighted by Crippen LogP contribution is -2.49. The van der Waals surface area contributed by atoms with Gasteiger partial charge in [0.05, 0.1) is 6.61 Å². The highest BCUT2D eigenvalue weighted by Crippen LogP contribution is 2.33. The van der Waals surface area contributed by atoms with Gasteiger partial charge in [0.25, 0.3) is 0 Å². The maximum atomic E-state index is 5.95. The third-order valence-corrected chi connectivity index (χ3v) is 5.56. The molecule has 3 nitrogen and oxygen atoms in total. The van der Waals surface area contributed by atoms with Crippen molar-refractivity contribution in [2.45, 2.75) is 38.3 Å². The SMILES string of the molecule is c1ccc(COc2ccc(OCCC3CC4CCN3CC4)cc2)cc1. The zero-order valence-electron chi connectivity index (χ0n) is 14.8. The number of hydrogen-bond acceptors (Lipinski definition) is 3. The van der Waals surface area contributed by atoms with Crippen molar-refractivity contribution >= 4 is 0 Å². The fraction of sp³-hybridized carbons (Fsp3) is 0.455. The van der Waals surface area contributed by atoms with E-state index >= 15 is 0 Å². The molecule has 2 bridgehead atoms. The first-order chi connectivity index (χ1) is 12.4. The highest BCUT2D eigenvalue weighted by Gasteiger charge is 2.32. The van der Waals surface area contributed by atoms with Gasteiger partial charge in [0, 0.05) is 6.04 Å². The molecule has 1 atom stereocenters. The number of nitrogens with zero attached hydrogens (tertiary/aromatic N) is 1. The van der Waals surface area contributed by atoms with Gasteiger partial charge in [-0.25, -0.2) is 0 Å². The molecule has 0 saturated carbocycles. The first-order valence-electron chi connectivity index (χ1n) is 9.50. The van der Waals surface area contributed by atoms with E-state index in [-0.39, 0.29) is 0 Å². The van der Waals surface area contributed by atoms with E-state index in [4.69, 9.17) is 9.47 Å². The highest BCUT2D eigenvalue weighted by atomic mass is 16.5. The van der Waals surface area contributed by atoms with Crippen molar-refractivity contribution in [2.75, 3.05) is 19.7 Å². The summed E-state index contributed by atoms with van der Waals surface area (Å²) in [4.78, 5) is 2.66. The molecule has 3 heteroatoms. The maximum absolute atomic E-state index is 5.95. The van der Waals surface area contributed by atoms with E-state index in [0.717, 1.165) is 36.5 Å². The van der Waals surface area contributed by atoms with E-state index in [1.165, 1.54) is 37.9 Å². The third-order valence-electron chi connectivity index (χ3n) is 5.56. The van der Waals surface area contributed by atoms with Crippen LogP contribution in [0.3, 0.4) is 0 Å². The molecule has 5 rings (SSSR count). The van der Waals surface area contributed by atoms with E-state index in [1.807, 2.05) is 42.5 Å². The summed E-state index contributed by atoms with van der Waals surface area (Å²) in [5.41, 5.74) is 1.18. The summed E-state index contributed by atoms with van der Waals surface area (Å²) in [5.74, 6) is 2.78. The van der Waals surface area contributed by atoms with Crippen LogP contribution in [0.1, 0.15) is 31.2 Å². The summed E-state index contributed by atoms with van der Waals surface area (Å²) in [6.07, 6.45) is 5.32. The van der Waals surface area contributed by atoms with Crippen LogP contribution < -0.4 is 9.47 Å². The molecule has 1 unspecified atom stereocenters. The molecule has 0 spiro atoms. The number of ether oxygens (including phenoxy) is 2. The Morgan fingerprint density at radius 1 is 0.840 bits per heavy atom. The molecule has 0 radical (unpaired) electrons. The molecule has 0 N–H and O–H groups in total. The molecule has 0 aliphatic carbocycles. The highest BCUT2D eigenvalue weighted by molar-refractivity contribution is 5.31. The summed E-state index contributed by atoms with van der Waals surface area (Å²) < 4.78 is 11.8. The molecule has 2 aromatic carbocycles. The summed E-state index contributed by atoms with van der Waals surface area (Å²) in [6.45, 7) is 3.99. The first kappa shape index (κ1) is 16.5. The number of benzene rings is 2. The van der Waals surface area contributed by atoms with Crippen LogP contribution in [0.25, 0.3) is 0 Å². The van der Waals surface area contributed by atoms with Gasteiger partial charge in [0.2, 0.25) is 0 Å². The van der Waals surface area contributed by atoms with Gasteiger partial charge in [0.1, 0.15) is 18.1 Å². The molecule has 3 aliphatic rings. The Balaban J connectivity index is 1.21. The Morgan fingerprint density at radius 2 is 1.52 bits per heavy atom. The van der Waals surface area contributed by atoms with Gasteiger partial charge in [-0.1, -0.05) is 30.3 Å². The molecule has 0 amide bonds. The summed E-state index contributed by atoms with van der Waals surface area (Å²) in [7, 11) is 0. The summed E-state index contributed by atoms with van der Waals surface area (Å²) in [6, 6.07) is 19.0. The second kappa shape index (κ2) is 7.92. The smallest absolute Gasteiger partial charge is 0.120 e. The van der Waals surface area contributed by atoms with Gasteiger partial charge in [0.15, 0.2) is 0 Å². The van der Waals surface area contributed by atoms with Crippen LogP contribution in [0.4, 0.5) is 0 Å². The van der Waals surface area contributed by atoms with Crippen LogP contribution in [0, 0.1) is 5.92 Å². The van der Waals surface area contributed by atoms with Gasteiger partial charge >= 0.3 is 0 Å². The number of piperidine rings is 3. The number of rotatable bonds is 7. The van der Waals surface area contributed by atoms with Crippen molar-refractivity contribution < 1.29 is 9.47 Å². The van der Waals surface area contributed by atoms with Gasteiger partial charge in [-0.05, 0) is 74.5 Å². The van der Waals surface area contributed by atoms with Crippen LogP contribution in [-0.2, 0) is 6.61 Å². The lowest BCUT2D eigenvalue weighted by atomic mass is 9.82. The zero-order valence-corrected chi connectivity index (χ0v) is 14.8. The van der Waals surface area contributed by atoms with Gasteiger partial charge in [-0.2, -0.15) is 0 Å². The molecule has 3 aliphatic heterocycles. The third kappa shape index (κ3) is 4.35. The molecule has 2 aromatic rings. The molecule has 3 saturated heterocycles. The zero-order chi connectivity index (χ0) is 16.9. The Kier molecular flexibility index (Phi) is 5.22. The number of fused-ring (bicyclic) bond motifs is 3. The predicted octanol–water partition coefficient (Wildman–Crippen LogP) is 4.52. The summed E-state index contributed by atoms with van der Waals surface area (Å²) in [5, 5.41) is 0. The predicted molar refractivity (Wildman–Crippen MR) is 100 cm³/mol. The Bertz CT molecular complexity index is 647. The monoisotopic (exact) mass is 337 g/mol. The first-order valence-corrected chi connectivity index (χ1v) is 9.50. The van der Waals surface area contributed by atoms with Crippen LogP contribution in [0.15, 0.2) is 54.6 Å². The Hall–Kier alpha value is -2.00. The van der Waals surface area contributed by atoms with Crippen molar-refractivity contribution in [1.82, 2.24) is 4.90 Å². The van der Waals surface area contributed by atoms with Gasteiger partial charge < -0.3 is 14.4 Å². The van der Waals surface area contributed by atoms with Crippen molar-refractivity contribution in [3.05, 3.63) is 60.2 Å². The number of hydrogen-bond donors (Lipinski definition) is 0. The van der Waals surface area contributed by atoms with Crippen molar-refractivity contribution in [2.24, 2.45) is 5.92 Å². The minimum Gasteiger partial charge on any atom is -0.494 e. The van der Waals surface area contributed by atoms with E-state index in [9.17, 15) is 0 Å². The standard InChI is InChI=1S/C22H27NO2/c1-2-4-19(5-3-1)17-25-22-8-6-21(7-9-22)24-15-12-20-16-18-10-13-23(20)14-11-18/h1-9,18,20H,10-17H2. The van der Waals surface area contributed by atoms with E-state index in [2.05, 4.69) is 17.0 Å². The fourth-order valence-electron chi connectivity index (χ4n) is 4.07. The van der Waals surface area contributed by atoms with Crippen LogP contribution in [0.2, 0.25) is 0 Å². The molecule has 3 fully saturated rings. The largest absolute Gasteiger partial charge is 0.494 e. The molecular weight excluding hydrogens is 310 g/mol. The topological polar surface area (TPSA) is 21.7 Å². The Morgan fingerprint density at radius 3 is 2.16 bits per heavy atom. The second-order valence-electron chi connectivity index (χ2n) is 7.25. The van der Waals surface area contributed by atoms with E-state index in [1.54, 1.807) is 0 Å². The lowest BCUT2D eigenvalue weighted by Gasteiger charge is -2.45. The molecule has 25 heavy (non-hydrogen) atoms. The quantitative estimate of drug-likeness (QED) is 0.741. The van der Waals surface area contributed by atoms with Gasteiger partial charge in [-0.15, -0.1) is 0 Å². The Labute approximate surface area is 150 Å². The van der Waals surface area contributed by atoms with Crippen LogP contribution in [-0.4, -0.2) is 30.6 Å². The summed E-state index contributed by atoms with van der Waals surface area (Å²) >= 11 is 0. The normalized spacial score (nSPS) is 24.9. The van der Waals surface area contributed by atoms with Gasteiger partial charge in [-0.3, -0.25) is 0 Å². The van der Waals surface area contributed by atoms with Crippen molar-refractivity contribution in [3.63, 3.8) is 0 Å². The molecule has 3 heterocycles. The van der Waals surface area contributed by atoms with Crippen molar-refractivity contribution in [1.29, 1.82) is 0 Å². The van der Waals surface area contributed by atoms with E-state index in [0.29, 0.717) is 6.61 Å². The second-order valence-corrected chi connectivity index (χ2v) is 7.25. The average Bonchev–Trinajstić information content (AvgIpc) is 2.69. The fourth-order valence-corrected chi connectivity index (χ4v) is 4.07. The van der Waals surface area contributed by atoms with Crippen LogP contribution in [0.5, 0.6) is 11.5 Å². The minimum atomic E-state index is 0.597.